The molecular formula is C36H34FN5O5. The number of halogens is 1. The molecule has 240 valence electrons. The standard InChI is InChI=1S/C36H34FN5O5/c1-36(9-10-36)25-16-22-8-11-42(35(46)32(22)28(37)18-25)30-5-3-4-26(27(30)21-43)24-17-29(34(45)40(2)20-24)39-31-7-6-23(19-38-31)33(44)41-12-14-47-15-13-41/h3-8,11,16-20,43H,9-10,12-15,21H2,1-2H3,(H,38,39). The van der Waals surface area contributed by atoms with E-state index in [2.05, 4.69) is 17.2 Å². The number of amides is 1. The van der Waals surface area contributed by atoms with Gasteiger partial charge >= 0.3 is 0 Å². The average molecular weight is 636 g/mol. The zero-order chi connectivity index (χ0) is 32.9. The number of hydrogen-bond donors (Lipinski definition) is 2. The number of nitrogens with zero attached hydrogens (tertiary/aromatic N) is 4. The van der Waals surface area contributed by atoms with E-state index in [0.717, 1.165) is 18.4 Å². The van der Waals surface area contributed by atoms with Gasteiger partial charge in [-0.3, -0.25) is 19.0 Å². The molecule has 1 aliphatic heterocycles. The summed E-state index contributed by atoms with van der Waals surface area (Å²) in [6, 6.07) is 15.3. The van der Waals surface area contributed by atoms with E-state index in [9.17, 15) is 19.5 Å². The summed E-state index contributed by atoms with van der Waals surface area (Å²) in [6.07, 6.45) is 6.70. The van der Waals surface area contributed by atoms with Crippen molar-refractivity contribution in [2.75, 3.05) is 31.6 Å². The molecule has 1 aliphatic carbocycles. The molecule has 0 unspecified atom stereocenters. The zero-order valence-corrected chi connectivity index (χ0v) is 26.1. The summed E-state index contributed by atoms with van der Waals surface area (Å²) in [5, 5.41) is 14.2. The molecule has 4 heterocycles. The number of aryl methyl sites for hydroxylation is 1. The lowest BCUT2D eigenvalue weighted by Crippen LogP contribution is -2.40. The number of fused-ring (bicyclic) bond motifs is 1. The van der Waals surface area contributed by atoms with Crippen molar-refractivity contribution in [2.24, 2.45) is 7.05 Å². The molecule has 10 nitrogen and oxygen atoms in total. The largest absolute Gasteiger partial charge is 0.392 e. The van der Waals surface area contributed by atoms with Gasteiger partial charge in [0.15, 0.2) is 0 Å². The average Bonchev–Trinajstić information content (AvgIpc) is 3.85. The van der Waals surface area contributed by atoms with Crippen LogP contribution in [0, 0.1) is 5.82 Å². The number of carbonyl (C=O) groups excluding carboxylic acids is 1. The minimum Gasteiger partial charge on any atom is -0.392 e. The van der Waals surface area contributed by atoms with E-state index in [1.54, 1.807) is 66.8 Å². The lowest BCUT2D eigenvalue weighted by Gasteiger charge is -2.26. The molecule has 2 fully saturated rings. The quantitative estimate of drug-likeness (QED) is 0.267. The molecule has 2 aliphatic rings. The van der Waals surface area contributed by atoms with Gasteiger partial charge in [-0.05, 0) is 71.2 Å². The van der Waals surface area contributed by atoms with E-state index < -0.39 is 18.0 Å². The first-order valence-electron chi connectivity index (χ1n) is 15.6. The number of nitrogens with one attached hydrogen (secondary N) is 1. The van der Waals surface area contributed by atoms with Gasteiger partial charge in [-0.2, -0.15) is 0 Å². The summed E-state index contributed by atoms with van der Waals surface area (Å²) < 4.78 is 23.5. The van der Waals surface area contributed by atoms with Crippen LogP contribution in [0.2, 0.25) is 0 Å². The Balaban J connectivity index is 1.23. The highest BCUT2D eigenvalue weighted by Gasteiger charge is 2.39. The monoisotopic (exact) mass is 635 g/mol. The first-order valence-corrected chi connectivity index (χ1v) is 15.6. The number of aromatic nitrogens is 3. The molecule has 3 aromatic heterocycles. The van der Waals surface area contributed by atoms with Crippen molar-refractivity contribution in [3.8, 4) is 16.8 Å². The van der Waals surface area contributed by atoms with Gasteiger partial charge in [0.2, 0.25) is 0 Å². The summed E-state index contributed by atoms with van der Waals surface area (Å²) >= 11 is 0. The van der Waals surface area contributed by atoms with Crippen LogP contribution < -0.4 is 16.4 Å². The molecule has 1 saturated heterocycles. The molecule has 0 radical (unpaired) electrons. The topological polar surface area (TPSA) is 119 Å². The Morgan fingerprint density at radius 1 is 1.06 bits per heavy atom. The Kier molecular flexibility index (Phi) is 7.73. The smallest absolute Gasteiger partial charge is 0.274 e. The van der Waals surface area contributed by atoms with Gasteiger partial charge in [0, 0.05) is 49.9 Å². The Labute approximate surface area is 269 Å². The Morgan fingerprint density at radius 2 is 1.85 bits per heavy atom. The van der Waals surface area contributed by atoms with Gasteiger partial charge in [-0.25, -0.2) is 9.37 Å². The predicted octanol–water partition coefficient (Wildman–Crippen LogP) is 4.65. The molecule has 2 aromatic carbocycles. The second-order valence-electron chi connectivity index (χ2n) is 12.5. The number of hydrogen-bond acceptors (Lipinski definition) is 7. The van der Waals surface area contributed by atoms with Crippen LogP contribution in [0.3, 0.4) is 0 Å². The first-order chi connectivity index (χ1) is 22.7. The van der Waals surface area contributed by atoms with Crippen LogP contribution in [0.5, 0.6) is 0 Å². The van der Waals surface area contributed by atoms with E-state index in [-0.39, 0.29) is 28.0 Å². The predicted molar refractivity (Wildman–Crippen MR) is 177 cm³/mol. The maximum atomic E-state index is 15.4. The lowest BCUT2D eigenvalue weighted by molar-refractivity contribution is 0.0302. The molecule has 11 heteroatoms. The summed E-state index contributed by atoms with van der Waals surface area (Å²) in [5.41, 5.74) is 2.70. The zero-order valence-electron chi connectivity index (χ0n) is 26.1. The second-order valence-corrected chi connectivity index (χ2v) is 12.5. The molecule has 0 bridgehead atoms. The van der Waals surface area contributed by atoms with Crippen LogP contribution in [0.15, 0.2) is 82.8 Å². The van der Waals surface area contributed by atoms with Crippen LogP contribution in [0.1, 0.15) is 41.3 Å². The molecule has 47 heavy (non-hydrogen) atoms. The molecule has 0 atom stereocenters. The van der Waals surface area contributed by atoms with E-state index in [1.807, 2.05) is 6.07 Å². The van der Waals surface area contributed by atoms with Crippen LogP contribution in [-0.2, 0) is 23.8 Å². The number of ether oxygens (including phenoxy) is 1. The van der Waals surface area contributed by atoms with Crippen LogP contribution in [0.4, 0.5) is 15.9 Å². The maximum absolute atomic E-state index is 15.4. The fourth-order valence-corrected chi connectivity index (χ4v) is 6.21. The van der Waals surface area contributed by atoms with Gasteiger partial charge in [-0.15, -0.1) is 0 Å². The van der Waals surface area contributed by atoms with Crippen molar-refractivity contribution < 1.29 is 19.0 Å². The highest BCUT2D eigenvalue weighted by molar-refractivity contribution is 5.94. The molecule has 2 N–H and O–H groups in total. The Hall–Kier alpha value is -5.13. The molecule has 1 saturated carbocycles. The fraction of sp³-hybridized carbons (Fsp3) is 0.278. The van der Waals surface area contributed by atoms with Crippen LogP contribution in [-0.4, -0.2) is 56.3 Å². The fourth-order valence-electron chi connectivity index (χ4n) is 6.21. The molecule has 7 rings (SSSR count). The number of rotatable bonds is 7. The van der Waals surface area contributed by atoms with Crippen molar-refractivity contribution in [3.05, 3.63) is 116 Å². The number of benzene rings is 2. The van der Waals surface area contributed by atoms with Crippen molar-refractivity contribution in [1.29, 1.82) is 0 Å². The highest BCUT2D eigenvalue weighted by atomic mass is 19.1. The van der Waals surface area contributed by atoms with Gasteiger partial charge in [-0.1, -0.05) is 25.1 Å². The SMILES string of the molecule is Cn1cc(-c2cccc(-n3ccc4cc(C5(C)CC5)cc(F)c4c3=O)c2CO)cc(Nc2ccc(C(=O)N3CCOCC3)cn2)c1=O. The minimum atomic E-state index is -0.562. The van der Waals surface area contributed by atoms with Gasteiger partial charge in [0.25, 0.3) is 17.0 Å². The highest BCUT2D eigenvalue weighted by Crippen LogP contribution is 2.48. The first kappa shape index (κ1) is 30.5. The Morgan fingerprint density at radius 3 is 2.55 bits per heavy atom. The van der Waals surface area contributed by atoms with Gasteiger partial charge in [0.1, 0.15) is 17.3 Å². The minimum absolute atomic E-state index is 0.00597. The number of pyridine rings is 3. The second kappa shape index (κ2) is 11.9. The summed E-state index contributed by atoms with van der Waals surface area (Å²) in [6.45, 7) is 3.71. The third-order valence-electron chi connectivity index (χ3n) is 9.29. The van der Waals surface area contributed by atoms with E-state index in [1.165, 1.54) is 21.4 Å². The van der Waals surface area contributed by atoms with E-state index in [0.29, 0.717) is 65.4 Å². The summed E-state index contributed by atoms with van der Waals surface area (Å²) in [5.74, 6) is -0.322. The number of anilines is 2. The van der Waals surface area contributed by atoms with E-state index in [4.69, 9.17) is 4.74 Å². The summed E-state index contributed by atoms with van der Waals surface area (Å²) in [4.78, 5) is 45.7. The number of carbonyl (C=O) groups is 1. The summed E-state index contributed by atoms with van der Waals surface area (Å²) in [7, 11) is 1.62. The lowest BCUT2D eigenvalue weighted by atomic mass is 9.95. The van der Waals surface area contributed by atoms with Crippen LogP contribution in [0.25, 0.3) is 27.6 Å². The third kappa shape index (κ3) is 5.61. The van der Waals surface area contributed by atoms with Crippen molar-refractivity contribution in [2.45, 2.75) is 31.8 Å². The van der Waals surface area contributed by atoms with E-state index >= 15 is 4.39 Å². The Bertz CT molecular complexity index is 2150. The number of aliphatic hydroxyl groups excluding tert-OH is 1. The molecule has 5 aromatic rings. The van der Waals surface area contributed by atoms with Crippen molar-refractivity contribution in [1.82, 2.24) is 19.0 Å². The molecule has 1 amide bonds. The molecule has 0 spiro atoms. The van der Waals surface area contributed by atoms with Crippen molar-refractivity contribution >= 4 is 28.2 Å². The van der Waals surface area contributed by atoms with Crippen molar-refractivity contribution in [3.63, 3.8) is 0 Å². The van der Waals surface area contributed by atoms with Gasteiger partial charge in [0.05, 0.1) is 36.5 Å². The number of morpholine rings is 1. The third-order valence-corrected chi connectivity index (χ3v) is 9.29. The number of aliphatic hydroxyl groups is 1. The molecular weight excluding hydrogens is 601 g/mol. The van der Waals surface area contributed by atoms with Gasteiger partial charge < -0.3 is 24.6 Å². The normalized spacial score (nSPS) is 15.5. The van der Waals surface area contributed by atoms with Crippen LogP contribution >= 0.6 is 0 Å². The maximum Gasteiger partial charge on any atom is 0.274 e.